The molecule has 4 nitrogen and oxygen atoms in total. The summed E-state index contributed by atoms with van der Waals surface area (Å²) in [5.74, 6) is 1.13. The van der Waals surface area contributed by atoms with Gasteiger partial charge < -0.3 is 14.8 Å². The van der Waals surface area contributed by atoms with Crippen LogP contribution in [0.3, 0.4) is 0 Å². The molecule has 1 aliphatic heterocycles. The van der Waals surface area contributed by atoms with Crippen LogP contribution in [0.25, 0.3) is 0 Å². The zero-order chi connectivity index (χ0) is 12.3. The molecule has 1 heterocycles. The molecular formula is C13H17NO3. The van der Waals surface area contributed by atoms with Crippen LogP contribution in [0.5, 0.6) is 5.75 Å². The molecule has 1 saturated heterocycles. The van der Waals surface area contributed by atoms with Crippen molar-refractivity contribution in [1.29, 1.82) is 0 Å². The summed E-state index contributed by atoms with van der Waals surface area (Å²) in [6.45, 7) is 2.77. The summed E-state index contributed by atoms with van der Waals surface area (Å²) in [5.41, 5.74) is 1.02. The van der Waals surface area contributed by atoms with Crippen LogP contribution in [0.15, 0.2) is 24.3 Å². The molecule has 0 radical (unpaired) electrons. The average molecular weight is 235 g/mol. The van der Waals surface area contributed by atoms with Crippen molar-refractivity contribution in [3.05, 3.63) is 29.8 Å². The molecule has 0 spiro atoms. The first-order chi connectivity index (χ1) is 8.24. The number of hydrogen-bond acceptors (Lipinski definition) is 3. The molecule has 1 aromatic carbocycles. The van der Waals surface area contributed by atoms with E-state index in [1.165, 1.54) is 0 Å². The van der Waals surface area contributed by atoms with Gasteiger partial charge in [0, 0.05) is 12.5 Å². The molecular weight excluding hydrogens is 218 g/mol. The van der Waals surface area contributed by atoms with E-state index in [1.807, 2.05) is 24.3 Å². The van der Waals surface area contributed by atoms with Gasteiger partial charge in [-0.15, -0.1) is 0 Å². The van der Waals surface area contributed by atoms with Crippen LogP contribution in [0.1, 0.15) is 25.0 Å². The lowest BCUT2D eigenvalue weighted by molar-refractivity contribution is 0.0346. The van der Waals surface area contributed by atoms with Crippen molar-refractivity contribution in [1.82, 2.24) is 5.32 Å². The van der Waals surface area contributed by atoms with Gasteiger partial charge in [0.2, 0.25) is 0 Å². The molecule has 92 valence electrons. The molecule has 0 unspecified atom stereocenters. The third-order valence-corrected chi connectivity index (χ3v) is 3.14. The molecule has 0 aromatic heterocycles. The summed E-state index contributed by atoms with van der Waals surface area (Å²) in [6.07, 6.45) is 0.479. The number of ether oxygens (including phenoxy) is 2. The summed E-state index contributed by atoms with van der Waals surface area (Å²) < 4.78 is 10.5. The SMILES string of the molecule is CC[C@@H]1CNC(=O)O[C@H]1c1ccc(OC)cc1. The molecule has 17 heavy (non-hydrogen) atoms. The molecule has 1 aromatic rings. The van der Waals surface area contributed by atoms with E-state index in [0.717, 1.165) is 17.7 Å². The fourth-order valence-corrected chi connectivity index (χ4v) is 2.07. The Hall–Kier alpha value is -1.71. The molecule has 2 rings (SSSR count). The van der Waals surface area contributed by atoms with Crippen molar-refractivity contribution >= 4 is 6.09 Å². The van der Waals surface area contributed by atoms with E-state index in [-0.39, 0.29) is 12.2 Å². The van der Waals surface area contributed by atoms with E-state index < -0.39 is 0 Å². The fourth-order valence-electron chi connectivity index (χ4n) is 2.07. The van der Waals surface area contributed by atoms with Crippen molar-refractivity contribution in [2.45, 2.75) is 19.4 Å². The number of rotatable bonds is 3. The second-order valence-corrected chi connectivity index (χ2v) is 4.15. The average Bonchev–Trinajstić information content (AvgIpc) is 2.39. The first kappa shape index (κ1) is 11.8. The molecule has 0 saturated carbocycles. The van der Waals surface area contributed by atoms with Crippen molar-refractivity contribution in [2.24, 2.45) is 5.92 Å². The van der Waals surface area contributed by atoms with Gasteiger partial charge in [-0.05, 0) is 24.1 Å². The van der Waals surface area contributed by atoms with Gasteiger partial charge in [0.15, 0.2) is 0 Å². The first-order valence-electron chi connectivity index (χ1n) is 5.83. The number of carbonyl (C=O) groups is 1. The van der Waals surface area contributed by atoms with E-state index in [9.17, 15) is 4.79 Å². The summed E-state index contributed by atoms with van der Waals surface area (Å²) >= 11 is 0. The van der Waals surface area contributed by atoms with Crippen molar-refractivity contribution in [3.63, 3.8) is 0 Å². The van der Waals surface area contributed by atoms with Gasteiger partial charge in [-0.1, -0.05) is 19.1 Å². The van der Waals surface area contributed by atoms with E-state index in [2.05, 4.69) is 12.2 Å². The topological polar surface area (TPSA) is 47.6 Å². The van der Waals surface area contributed by atoms with Gasteiger partial charge in [0.25, 0.3) is 0 Å². The second kappa shape index (κ2) is 5.08. The highest BCUT2D eigenvalue weighted by Gasteiger charge is 2.30. The lowest BCUT2D eigenvalue weighted by Gasteiger charge is -2.31. The van der Waals surface area contributed by atoms with E-state index in [4.69, 9.17) is 9.47 Å². The number of nitrogens with one attached hydrogen (secondary N) is 1. The molecule has 1 amide bonds. The number of cyclic esters (lactones) is 1. The number of amides is 1. The number of carbonyl (C=O) groups excluding carboxylic acids is 1. The molecule has 2 atom stereocenters. The van der Waals surface area contributed by atoms with Crippen LogP contribution in [-0.2, 0) is 4.74 Å². The maximum Gasteiger partial charge on any atom is 0.407 e. The Morgan fingerprint density at radius 3 is 2.71 bits per heavy atom. The molecule has 0 aliphatic carbocycles. The van der Waals surface area contributed by atoms with Crippen LogP contribution >= 0.6 is 0 Å². The zero-order valence-corrected chi connectivity index (χ0v) is 10.1. The Morgan fingerprint density at radius 2 is 2.12 bits per heavy atom. The smallest absolute Gasteiger partial charge is 0.407 e. The Bertz CT molecular complexity index is 388. The van der Waals surface area contributed by atoms with Crippen molar-refractivity contribution in [3.8, 4) is 5.75 Å². The third-order valence-electron chi connectivity index (χ3n) is 3.14. The highest BCUT2D eigenvalue weighted by atomic mass is 16.6. The monoisotopic (exact) mass is 235 g/mol. The Kier molecular flexibility index (Phi) is 3.52. The summed E-state index contributed by atoms with van der Waals surface area (Å²) in [4.78, 5) is 11.3. The minimum absolute atomic E-state index is 0.153. The summed E-state index contributed by atoms with van der Waals surface area (Å²) in [7, 11) is 1.63. The highest BCUT2D eigenvalue weighted by molar-refractivity contribution is 5.68. The zero-order valence-electron chi connectivity index (χ0n) is 10.1. The number of hydrogen-bond donors (Lipinski definition) is 1. The number of benzene rings is 1. The second-order valence-electron chi connectivity index (χ2n) is 4.15. The lowest BCUT2D eigenvalue weighted by atomic mass is 9.92. The quantitative estimate of drug-likeness (QED) is 0.875. The normalized spacial score (nSPS) is 23.8. The Balaban J connectivity index is 2.19. The predicted molar refractivity (Wildman–Crippen MR) is 64.0 cm³/mol. The number of methoxy groups -OCH3 is 1. The highest BCUT2D eigenvalue weighted by Crippen LogP contribution is 2.31. The van der Waals surface area contributed by atoms with Crippen LogP contribution in [-0.4, -0.2) is 19.7 Å². The van der Waals surface area contributed by atoms with E-state index >= 15 is 0 Å². The van der Waals surface area contributed by atoms with Crippen LogP contribution in [0.2, 0.25) is 0 Å². The van der Waals surface area contributed by atoms with Gasteiger partial charge in [-0.3, -0.25) is 0 Å². The van der Waals surface area contributed by atoms with Crippen molar-refractivity contribution in [2.75, 3.05) is 13.7 Å². The predicted octanol–water partition coefficient (Wildman–Crippen LogP) is 2.50. The van der Waals surface area contributed by atoms with Crippen LogP contribution in [0.4, 0.5) is 4.79 Å². The molecule has 4 heteroatoms. The van der Waals surface area contributed by atoms with Gasteiger partial charge in [0.1, 0.15) is 11.9 Å². The van der Waals surface area contributed by atoms with Gasteiger partial charge in [0.05, 0.1) is 7.11 Å². The van der Waals surface area contributed by atoms with Gasteiger partial charge in [-0.2, -0.15) is 0 Å². The van der Waals surface area contributed by atoms with Crippen LogP contribution in [0, 0.1) is 5.92 Å². The number of alkyl carbamates (subject to hydrolysis) is 1. The van der Waals surface area contributed by atoms with E-state index in [0.29, 0.717) is 12.5 Å². The Labute approximate surface area is 101 Å². The minimum Gasteiger partial charge on any atom is -0.497 e. The minimum atomic E-state index is -0.337. The van der Waals surface area contributed by atoms with Gasteiger partial charge >= 0.3 is 6.09 Å². The largest absolute Gasteiger partial charge is 0.497 e. The maximum absolute atomic E-state index is 11.3. The standard InChI is InChI=1S/C13H17NO3/c1-3-9-8-14-13(15)17-12(9)10-4-6-11(16-2)7-5-10/h4-7,9,12H,3,8H2,1-2H3,(H,14,15)/t9-,12-/m1/s1. The third kappa shape index (κ3) is 2.52. The van der Waals surface area contributed by atoms with Crippen LogP contribution < -0.4 is 10.1 Å². The Morgan fingerprint density at radius 1 is 1.41 bits per heavy atom. The lowest BCUT2D eigenvalue weighted by Crippen LogP contribution is -2.40. The maximum atomic E-state index is 11.3. The first-order valence-corrected chi connectivity index (χ1v) is 5.83. The summed E-state index contributed by atoms with van der Waals surface area (Å²) in [5, 5.41) is 2.72. The molecule has 1 fully saturated rings. The fraction of sp³-hybridized carbons (Fsp3) is 0.462. The molecule has 0 bridgehead atoms. The van der Waals surface area contributed by atoms with Crippen molar-refractivity contribution < 1.29 is 14.3 Å². The van der Waals surface area contributed by atoms with Gasteiger partial charge in [-0.25, -0.2) is 4.79 Å². The molecule has 1 aliphatic rings. The molecule has 1 N–H and O–H groups in total. The van der Waals surface area contributed by atoms with E-state index in [1.54, 1.807) is 7.11 Å². The summed E-state index contributed by atoms with van der Waals surface area (Å²) in [6, 6.07) is 7.67.